The van der Waals surface area contributed by atoms with Gasteiger partial charge in [-0.2, -0.15) is 0 Å². The minimum Gasteiger partial charge on any atom is -0.411 e. The Kier molecular flexibility index (Phi) is 2.46. The third-order valence-corrected chi connectivity index (χ3v) is 2.19. The zero-order chi connectivity index (χ0) is 8.43. The summed E-state index contributed by atoms with van der Waals surface area (Å²) in [4.78, 5) is 0. The largest absolute Gasteiger partial charge is 0.411 e. The molecule has 64 valence electrons. The fourth-order valence-electron chi connectivity index (χ4n) is 1.35. The fraction of sp³-hybridized carbons (Fsp3) is 0.857. The molecule has 4 nitrogen and oxygen atoms in total. The van der Waals surface area contributed by atoms with Crippen LogP contribution in [0.5, 0.6) is 0 Å². The predicted molar refractivity (Wildman–Crippen MR) is 39.6 cm³/mol. The quantitative estimate of drug-likeness (QED) is 0.343. The van der Waals surface area contributed by atoms with Gasteiger partial charge in [-0.1, -0.05) is 12.1 Å². The Balaban J connectivity index is 2.67. The topological polar surface area (TPSA) is 73.1 Å². The lowest BCUT2D eigenvalue weighted by atomic mass is 9.84. The highest BCUT2D eigenvalue weighted by Crippen LogP contribution is 2.21. The van der Waals surface area contributed by atoms with Gasteiger partial charge in [0.2, 0.25) is 0 Å². The van der Waals surface area contributed by atoms with Crippen molar-refractivity contribution in [2.45, 2.75) is 32.0 Å². The summed E-state index contributed by atoms with van der Waals surface area (Å²) >= 11 is 0. The number of rotatable bonds is 0. The maximum atomic E-state index is 9.30. The maximum Gasteiger partial charge on any atom is 0.0650 e. The summed E-state index contributed by atoms with van der Waals surface area (Å²) in [5, 5.41) is 29.9. The van der Waals surface area contributed by atoms with Crippen LogP contribution < -0.4 is 0 Å². The fourth-order valence-corrected chi connectivity index (χ4v) is 1.35. The maximum absolute atomic E-state index is 9.30. The summed E-state index contributed by atoms with van der Waals surface area (Å²) in [6.07, 6.45) is -0.397. The van der Waals surface area contributed by atoms with Crippen LogP contribution in [0.2, 0.25) is 0 Å². The highest BCUT2D eigenvalue weighted by atomic mass is 16.4. The van der Waals surface area contributed by atoms with E-state index < -0.39 is 12.2 Å². The van der Waals surface area contributed by atoms with Crippen LogP contribution in [0.1, 0.15) is 19.8 Å². The number of aliphatic hydroxyl groups excluding tert-OH is 2. The lowest BCUT2D eigenvalue weighted by molar-refractivity contribution is 0.0500. The molecule has 0 aliphatic heterocycles. The van der Waals surface area contributed by atoms with Gasteiger partial charge < -0.3 is 15.4 Å². The van der Waals surface area contributed by atoms with E-state index in [9.17, 15) is 5.11 Å². The van der Waals surface area contributed by atoms with Gasteiger partial charge in [0.1, 0.15) is 0 Å². The third kappa shape index (κ3) is 1.70. The van der Waals surface area contributed by atoms with Gasteiger partial charge in [-0.25, -0.2) is 0 Å². The van der Waals surface area contributed by atoms with Crippen LogP contribution in [-0.4, -0.2) is 33.3 Å². The van der Waals surface area contributed by atoms with Gasteiger partial charge in [-0.05, 0) is 0 Å². The molecule has 0 saturated heterocycles. The molecule has 0 aromatic rings. The van der Waals surface area contributed by atoms with E-state index in [1.54, 1.807) is 6.92 Å². The highest BCUT2D eigenvalue weighted by Gasteiger charge is 2.30. The Labute approximate surface area is 65.2 Å². The van der Waals surface area contributed by atoms with Crippen LogP contribution >= 0.6 is 0 Å². The zero-order valence-electron chi connectivity index (χ0n) is 6.44. The summed E-state index contributed by atoms with van der Waals surface area (Å²) in [7, 11) is 0. The lowest BCUT2D eigenvalue weighted by Gasteiger charge is -2.28. The molecule has 1 aliphatic carbocycles. The van der Waals surface area contributed by atoms with E-state index in [0.717, 1.165) is 0 Å². The average Bonchev–Trinajstić information content (AvgIpc) is 1.96. The Morgan fingerprint density at radius 3 is 2.64 bits per heavy atom. The van der Waals surface area contributed by atoms with Crippen molar-refractivity contribution in [2.75, 3.05) is 0 Å². The van der Waals surface area contributed by atoms with Crippen molar-refractivity contribution < 1.29 is 15.4 Å². The minimum atomic E-state index is -0.579. The SMILES string of the molecule is CC1C(=NO)C[C@@H](O)C[C@@H]1O. The van der Waals surface area contributed by atoms with Gasteiger partial charge in [0.05, 0.1) is 17.9 Å². The average molecular weight is 159 g/mol. The minimum absolute atomic E-state index is 0.136. The smallest absolute Gasteiger partial charge is 0.0650 e. The first kappa shape index (κ1) is 8.49. The number of nitrogens with zero attached hydrogens (tertiary/aromatic N) is 1. The third-order valence-electron chi connectivity index (χ3n) is 2.19. The van der Waals surface area contributed by atoms with E-state index in [4.69, 9.17) is 10.3 Å². The Morgan fingerprint density at radius 2 is 2.09 bits per heavy atom. The summed E-state index contributed by atoms with van der Waals surface area (Å²) < 4.78 is 0. The van der Waals surface area contributed by atoms with Crippen LogP contribution in [0.25, 0.3) is 0 Å². The van der Waals surface area contributed by atoms with Crippen molar-refractivity contribution in [1.82, 2.24) is 0 Å². The van der Waals surface area contributed by atoms with E-state index >= 15 is 0 Å². The van der Waals surface area contributed by atoms with Crippen LogP contribution in [-0.2, 0) is 0 Å². The second-order valence-corrected chi connectivity index (χ2v) is 3.04. The van der Waals surface area contributed by atoms with Gasteiger partial charge in [0.25, 0.3) is 0 Å². The standard InChI is InChI=1S/C7H13NO3/c1-4-6(8-11)2-5(9)3-7(4)10/h4-5,7,9-11H,2-3H2,1H3/t4?,5-,7+/m1/s1. The van der Waals surface area contributed by atoms with Crippen molar-refractivity contribution in [2.24, 2.45) is 11.1 Å². The molecule has 0 aromatic heterocycles. The molecule has 1 rings (SSSR count). The number of aliphatic hydroxyl groups is 2. The molecule has 1 saturated carbocycles. The van der Waals surface area contributed by atoms with E-state index in [-0.39, 0.29) is 5.92 Å². The molecular weight excluding hydrogens is 146 g/mol. The van der Waals surface area contributed by atoms with E-state index in [0.29, 0.717) is 18.6 Å². The molecule has 3 atom stereocenters. The molecule has 0 radical (unpaired) electrons. The summed E-state index contributed by atoms with van der Waals surface area (Å²) in [5.41, 5.74) is 0.483. The van der Waals surface area contributed by atoms with Gasteiger partial charge in [-0.15, -0.1) is 0 Å². The first-order valence-electron chi connectivity index (χ1n) is 3.72. The molecule has 0 bridgehead atoms. The normalized spacial score (nSPS) is 42.8. The van der Waals surface area contributed by atoms with Crippen LogP contribution in [0.15, 0.2) is 5.16 Å². The zero-order valence-corrected chi connectivity index (χ0v) is 6.44. The second-order valence-electron chi connectivity index (χ2n) is 3.04. The van der Waals surface area contributed by atoms with E-state index in [2.05, 4.69) is 5.16 Å². The van der Waals surface area contributed by atoms with Crippen molar-refractivity contribution in [1.29, 1.82) is 0 Å². The van der Waals surface area contributed by atoms with Crippen LogP contribution in [0.3, 0.4) is 0 Å². The number of oxime groups is 1. The molecule has 1 unspecified atom stereocenters. The molecular formula is C7H13NO3. The first-order valence-corrected chi connectivity index (χ1v) is 3.72. The summed E-state index contributed by atoms with van der Waals surface area (Å²) in [6.45, 7) is 1.78. The molecule has 0 aromatic carbocycles. The van der Waals surface area contributed by atoms with Crippen molar-refractivity contribution >= 4 is 5.71 Å². The molecule has 0 amide bonds. The molecule has 11 heavy (non-hydrogen) atoms. The highest BCUT2D eigenvalue weighted by molar-refractivity contribution is 5.87. The van der Waals surface area contributed by atoms with Gasteiger partial charge >= 0.3 is 0 Å². The van der Waals surface area contributed by atoms with Crippen molar-refractivity contribution in [3.8, 4) is 0 Å². The number of hydrogen-bond donors (Lipinski definition) is 3. The van der Waals surface area contributed by atoms with Crippen LogP contribution in [0, 0.1) is 5.92 Å². The predicted octanol–water partition coefficient (Wildman–Crippen LogP) is -0.0317. The Hall–Kier alpha value is -0.610. The summed E-state index contributed by atoms with van der Waals surface area (Å²) in [5.74, 6) is -0.136. The molecule has 3 N–H and O–H groups in total. The first-order chi connectivity index (χ1) is 5.15. The van der Waals surface area contributed by atoms with E-state index in [1.165, 1.54) is 0 Å². The molecule has 0 spiro atoms. The van der Waals surface area contributed by atoms with Crippen molar-refractivity contribution in [3.63, 3.8) is 0 Å². The molecule has 1 fully saturated rings. The van der Waals surface area contributed by atoms with Gasteiger partial charge in [0, 0.05) is 18.8 Å². The molecule has 4 heteroatoms. The Morgan fingerprint density at radius 1 is 1.45 bits per heavy atom. The monoisotopic (exact) mass is 159 g/mol. The van der Waals surface area contributed by atoms with Crippen LogP contribution in [0.4, 0.5) is 0 Å². The molecule has 0 heterocycles. The van der Waals surface area contributed by atoms with Gasteiger partial charge in [-0.3, -0.25) is 0 Å². The summed E-state index contributed by atoms with van der Waals surface area (Å²) in [6, 6.07) is 0. The van der Waals surface area contributed by atoms with Gasteiger partial charge in [0.15, 0.2) is 0 Å². The van der Waals surface area contributed by atoms with E-state index in [1.807, 2.05) is 0 Å². The Bertz CT molecular complexity index is 169. The van der Waals surface area contributed by atoms with Crippen molar-refractivity contribution in [3.05, 3.63) is 0 Å². The molecule has 1 aliphatic rings. The lowest BCUT2D eigenvalue weighted by Crippen LogP contribution is -2.37. The second kappa shape index (κ2) is 3.19. The number of hydrogen-bond acceptors (Lipinski definition) is 4.